The monoisotopic (exact) mass is 271 g/mol. The highest BCUT2D eigenvalue weighted by molar-refractivity contribution is 7.89. The van der Waals surface area contributed by atoms with Gasteiger partial charge in [0.05, 0.1) is 5.69 Å². The zero-order valence-electron chi connectivity index (χ0n) is 10.9. The largest absolute Gasteiger partial charge is 0.325 e. The van der Waals surface area contributed by atoms with Gasteiger partial charge in [0.1, 0.15) is 4.90 Å². The van der Waals surface area contributed by atoms with Crippen molar-refractivity contribution < 1.29 is 8.42 Å². The predicted molar refractivity (Wildman–Crippen MR) is 71.4 cm³/mol. The van der Waals surface area contributed by atoms with Crippen molar-refractivity contribution in [2.45, 2.75) is 38.1 Å². The highest BCUT2D eigenvalue weighted by Gasteiger charge is 2.19. The molecule has 102 valence electrons. The molecule has 0 unspecified atom stereocenters. The zero-order chi connectivity index (χ0) is 13.6. The predicted octanol–water partition coefficient (Wildman–Crippen LogP) is 1.25. The summed E-state index contributed by atoms with van der Waals surface area (Å²) in [6.45, 7) is 4.67. The average molecular weight is 271 g/mol. The quantitative estimate of drug-likeness (QED) is 0.781. The van der Waals surface area contributed by atoms with Gasteiger partial charge in [0.2, 0.25) is 10.0 Å². The van der Waals surface area contributed by atoms with Crippen LogP contribution in [0.3, 0.4) is 0 Å². The van der Waals surface area contributed by atoms with Gasteiger partial charge < -0.3 is 5.73 Å². The highest BCUT2D eigenvalue weighted by atomic mass is 32.2. The molecule has 1 heterocycles. The van der Waals surface area contributed by atoms with Gasteiger partial charge in [-0.25, -0.2) is 13.1 Å². The van der Waals surface area contributed by atoms with Gasteiger partial charge in [0, 0.05) is 19.3 Å². The van der Waals surface area contributed by atoms with E-state index in [1.54, 1.807) is 12.3 Å². The van der Waals surface area contributed by atoms with Gasteiger partial charge >= 0.3 is 0 Å². The van der Waals surface area contributed by atoms with Crippen molar-refractivity contribution >= 4 is 10.0 Å². The Kier molecular flexibility index (Phi) is 5.71. The number of rotatable bonds is 7. The van der Waals surface area contributed by atoms with E-state index < -0.39 is 10.0 Å². The van der Waals surface area contributed by atoms with Crippen molar-refractivity contribution in [3.63, 3.8) is 0 Å². The van der Waals surface area contributed by atoms with E-state index in [0.717, 1.165) is 12.8 Å². The van der Waals surface area contributed by atoms with Crippen molar-refractivity contribution in [1.82, 2.24) is 9.71 Å². The van der Waals surface area contributed by atoms with Gasteiger partial charge in [-0.05, 0) is 18.1 Å². The number of hydrogen-bond acceptors (Lipinski definition) is 4. The van der Waals surface area contributed by atoms with E-state index in [2.05, 4.69) is 23.6 Å². The molecule has 6 heteroatoms. The Balaban J connectivity index is 2.86. The number of pyridine rings is 1. The second-order valence-corrected chi connectivity index (χ2v) is 5.92. The molecule has 0 atom stereocenters. The van der Waals surface area contributed by atoms with Crippen molar-refractivity contribution in [3.8, 4) is 0 Å². The van der Waals surface area contributed by atoms with Gasteiger partial charge in [-0.3, -0.25) is 4.98 Å². The third-order valence-corrected chi connectivity index (χ3v) is 4.55. The van der Waals surface area contributed by atoms with Crippen LogP contribution in [0.15, 0.2) is 23.2 Å². The van der Waals surface area contributed by atoms with Crippen LogP contribution in [-0.2, 0) is 16.6 Å². The summed E-state index contributed by atoms with van der Waals surface area (Å²) >= 11 is 0. The Labute approximate surface area is 109 Å². The molecule has 0 radical (unpaired) electrons. The topological polar surface area (TPSA) is 85.1 Å². The first kappa shape index (κ1) is 15.1. The molecule has 0 amide bonds. The van der Waals surface area contributed by atoms with Crippen LogP contribution < -0.4 is 10.5 Å². The summed E-state index contributed by atoms with van der Waals surface area (Å²) in [5.74, 6) is 0.359. The molecule has 0 fully saturated rings. The normalized spacial score (nSPS) is 12.0. The molecule has 1 aromatic heterocycles. The minimum atomic E-state index is -3.51. The molecule has 1 aromatic rings. The Hall–Kier alpha value is -0.980. The third kappa shape index (κ3) is 3.76. The fourth-order valence-electron chi connectivity index (χ4n) is 1.70. The van der Waals surface area contributed by atoms with Crippen molar-refractivity contribution in [2.24, 2.45) is 11.7 Å². The van der Waals surface area contributed by atoms with E-state index in [-0.39, 0.29) is 11.4 Å². The van der Waals surface area contributed by atoms with E-state index in [4.69, 9.17) is 5.73 Å². The van der Waals surface area contributed by atoms with Crippen molar-refractivity contribution in [3.05, 3.63) is 24.0 Å². The third-order valence-electron chi connectivity index (χ3n) is 3.05. The molecule has 0 aliphatic carbocycles. The summed E-state index contributed by atoms with van der Waals surface area (Å²) in [7, 11) is -3.51. The fraction of sp³-hybridized carbons (Fsp3) is 0.583. The Morgan fingerprint density at radius 2 is 2.06 bits per heavy atom. The maximum Gasteiger partial charge on any atom is 0.242 e. The van der Waals surface area contributed by atoms with Crippen LogP contribution in [0, 0.1) is 5.92 Å². The maximum absolute atomic E-state index is 12.1. The number of hydrogen-bond donors (Lipinski definition) is 2. The van der Waals surface area contributed by atoms with E-state index in [1.807, 2.05) is 0 Å². The van der Waals surface area contributed by atoms with Crippen LogP contribution in [0.25, 0.3) is 0 Å². The van der Waals surface area contributed by atoms with Gasteiger partial charge in [-0.2, -0.15) is 0 Å². The fourth-order valence-corrected chi connectivity index (χ4v) is 3.02. The molecular weight excluding hydrogens is 250 g/mol. The number of nitrogens with zero attached hydrogens (tertiary/aromatic N) is 1. The SMILES string of the molecule is CCC(CC)CNS(=O)(=O)c1cccnc1CN. The minimum absolute atomic E-state index is 0.113. The summed E-state index contributed by atoms with van der Waals surface area (Å²) in [5, 5.41) is 0. The maximum atomic E-state index is 12.1. The molecule has 1 rings (SSSR count). The zero-order valence-corrected chi connectivity index (χ0v) is 11.7. The number of sulfonamides is 1. The summed E-state index contributed by atoms with van der Waals surface area (Å²) < 4.78 is 26.9. The molecule has 3 N–H and O–H groups in total. The highest BCUT2D eigenvalue weighted by Crippen LogP contribution is 2.13. The van der Waals surface area contributed by atoms with E-state index in [1.165, 1.54) is 6.07 Å². The van der Waals surface area contributed by atoms with Crippen LogP contribution >= 0.6 is 0 Å². The van der Waals surface area contributed by atoms with E-state index >= 15 is 0 Å². The van der Waals surface area contributed by atoms with Gasteiger partial charge in [0.25, 0.3) is 0 Å². The lowest BCUT2D eigenvalue weighted by Crippen LogP contribution is -2.30. The first-order chi connectivity index (χ1) is 8.55. The molecule has 18 heavy (non-hydrogen) atoms. The van der Waals surface area contributed by atoms with E-state index in [0.29, 0.717) is 18.2 Å². The molecule has 0 bridgehead atoms. The number of nitrogens with two attached hydrogens (primary N) is 1. The van der Waals surface area contributed by atoms with Crippen LogP contribution in [-0.4, -0.2) is 19.9 Å². The molecule has 0 aromatic carbocycles. The summed E-state index contributed by atoms with van der Waals surface area (Å²) in [6, 6.07) is 3.13. The molecule has 0 aliphatic heterocycles. The summed E-state index contributed by atoms with van der Waals surface area (Å²) in [4.78, 5) is 4.17. The first-order valence-corrected chi connectivity index (χ1v) is 7.67. The second kappa shape index (κ2) is 6.82. The van der Waals surface area contributed by atoms with Gasteiger partial charge in [-0.1, -0.05) is 26.7 Å². The Bertz CT molecular complexity index is 470. The average Bonchev–Trinajstić information content (AvgIpc) is 2.39. The summed E-state index contributed by atoms with van der Waals surface area (Å²) in [6.07, 6.45) is 3.45. The van der Waals surface area contributed by atoms with Crippen molar-refractivity contribution in [1.29, 1.82) is 0 Å². The molecule has 0 saturated carbocycles. The van der Waals surface area contributed by atoms with Gasteiger partial charge in [-0.15, -0.1) is 0 Å². The number of nitrogens with one attached hydrogen (secondary N) is 1. The van der Waals surface area contributed by atoms with Crippen LogP contribution in [0.4, 0.5) is 0 Å². The van der Waals surface area contributed by atoms with Crippen molar-refractivity contribution in [2.75, 3.05) is 6.54 Å². The molecule has 5 nitrogen and oxygen atoms in total. The molecular formula is C12H21N3O2S. The van der Waals surface area contributed by atoms with E-state index in [9.17, 15) is 8.42 Å². The van der Waals surface area contributed by atoms with Gasteiger partial charge in [0.15, 0.2) is 0 Å². The minimum Gasteiger partial charge on any atom is -0.325 e. The number of aromatic nitrogens is 1. The van der Waals surface area contributed by atoms with Crippen LogP contribution in [0.1, 0.15) is 32.4 Å². The lowest BCUT2D eigenvalue weighted by atomic mass is 10.0. The standard InChI is InChI=1S/C12H21N3O2S/c1-3-10(4-2)9-15-18(16,17)12-6-5-7-14-11(12)8-13/h5-7,10,15H,3-4,8-9,13H2,1-2H3. The lowest BCUT2D eigenvalue weighted by molar-refractivity contribution is 0.478. The molecule has 0 spiro atoms. The van der Waals surface area contributed by atoms with Crippen LogP contribution in [0.5, 0.6) is 0 Å². The Morgan fingerprint density at radius 3 is 2.61 bits per heavy atom. The smallest absolute Gasteiger partial charge is 0.242 e. The second-order valence-electron chi connectivity index (χ2n) is 4.19. The lowest BCUT2D eigenvalue weighted by Gasteiger charge is -2.14. The Morgan fingerprint density at radius 1 is 1.39 bits per heavy atom. The molecule has 0 saturated heterocycles. The first-order valence-electron chi connectivity index (χ1n) is 6.18. The van der Waals surface area contributed by atoms with Crippen LogP contribution in [0.2, 0.25) is 0 Å². The summed E-state index contributed by atoms with van der Waals surface area (Å²) in [5.41, 5.74) is 5.90. The molecule has 0 aliphatic rings.